The van der Waals surface area contributed by atoms with Crippen LogP contribution in [0.4, 0.5) is 0 Å². The number of hydrogen-bond donors (Lipinski definition) is 2. The van der Waals surface area contributed by atoms with Gasteiger partial charge in [-0.15, -0.1) is 0 Å². The molecule has 1 aliphatic carbocycles. The zero-order chi connectivity index (χ0) is 7.84. The normalized spacial score (nSPS) is 42.4. The van der Waals surface area contributed by atoms with E-state index in [1.165, 1.54) is 19.3 Å². The standard InChI is InChI=1S/C8H14N2O/c9-8(11)7-6-3-1-2-5(6)4-10-7/h5-7,10H,1-4H2,(H2,9,11)/t5-,6+,7+/m1/s1. The summed E-state index contributed by atoms with van der Waals surface area (Å²) in [5, 5.41) is 3.18. The molecule has 62 valence electrons. The number of hydrogen-bond acceptors (Lipinski definition) is 2. The van der Waals surface area contributed by atoms with Gasteiger partial charge in [0.2, 0.25) is 5.91 Å². The molecule has 0 unspecified atom stereocenters. The topological polar surface area (TPSA) is 55.1 Å². The first kappa shape index (κ1) is 7.10. The van der Waals surface area contributed by atoms with Gasteiger partial charge in [0.25, 0.3) is 0 Å². The summed E-state index contributed by atoms with van der Waals surface area (Å²) in [6.45, 7) is 0.998. The molecule has 0 aromatic heterocycles. The second kappa shape index (κ2) is 2.48. The molecule has 11 heavy (non-hydrogen) atoms. The van der Waals surface area contributed by atoms with Crippen molar-refractivity contribution in [3.05, 3.63) is 0 Å². The van der Waals surface area contributed by atoms with Crippen LogP contribution >= 0.6 is 0 Å². The average molecular weight is 154 g/mol. The van der Waals surface area contributed by atoms with E-state index in [2.05, 4.69) is 5.32 Å². The van der Waals surface area contributed by atoms with E-state index in [1.54, 1.807) is 0 Å². The third-order valence-electron chi connectivity index (χ3n) is 3.05. The molecule has 0 aromatic rings. The number of rotatable bonds is 1. The van der Waals surface area contributed by atoms with Crippen molar-refractivity contribution >= 4 is 5.91 Å². The molecule has 0 bridgehead atoms. The Hall–Kier alpha value is -0.570. The van der Waals surface area contributed by atoms with Crippen molar-refractivity contribution in [2.24, 2.45) is 17.6 Å². The Kier molecular flexibility index (Phi) is 1.60. The highest BCUT2D eigenvalue weighted by Crippen LogP contribution is 2.37. The predicted molar refractivity (Wildman–Crippen MR) is 41.8 cm³/mol. The summed E-state index contributed by atoms with van der Waals surface area (Å²) >= 11 is 0. The van der Waals surface area contributed by atoms with E-state index in [0.29, 0.717) is 5.92 Å². The first-order valence-electron chi connectivity index (χ1n) is 4.32. The summed E-state index contributed by atoms with van der Waals surface area (Å²) in [6.07, 6.45) is 3.74. The van der Waals surface area contributed by atoms with Gasteiger partial charge in [0.1, 0.15) is 0 Å². The Balaban J connectivity index is 2.08. The van der Waals surface area contributed by atoms with Crippen LogP contribution in [0.5, 0.6) is 0 Å². The van der Waals surface area contributed by atoms with Crippen LogP contribution < -0.4 is 11.1 Å². The zero-order valence-electron chi connectivity index (χ0n) is 6.55. The van der Waals surface area contributed by atoms with Crippen LogP contribution in [0.3, 0.4) is 0 Å². The van der Waals surface area contributed by atoms with Gasteiger partial charge < -0.3 is 11.1 Å². The van der Waals surface area contributed by atoms with Gasteiger partial charge in [0.05, 0.1) is 6.04 Å². The fourth-order valence-electron chi connectivity index (χ4n) is 2.50. The predicted octanol–water partition coefficient (Wildman–Crippen LogP) is -0.140. The molecule has 2 rings (SSSR count). The molecule has 1 amide bonds. The summed E-state index contributed by atoms with van der Waals surface area (Å²) in [5.74, 6) is 1.11. The number of amides is 1. The lowest BCUT2D eigenvalue weighted by Crippen LogP contribution is -2.40. The molecule has 0 aromatic carbocycles. The molecule has 1 aliphatic heterocycles. The number of carbonyl (C=O) groups is 1. The van der Waals surface area contributed by atoms with Gasteiger partial charge in [0, 0.05) is 0 Å². The Morgan fingerprint density at radius 2 is 2.27 bits per heavy atom. The fraction of sp³-hybridized carbons (Fsp3) is 0.875. The summed E-state index contributed by atoms with van der Waals surface area (Å²) in [6, 6.07) is -0.0255. The molecule has 2 aliphatic rings. The SMILES string of the molecule is NC(=O)[C@H]1NC[C@H]2CCC[C@@H]21. The third-order valence-corrected chi connectivity index (χ3v) is 3.05. The molecule has 3 atom stereocenters. The maximum Gasteiger partial charge on any atom is 0.234 e. The molecule has 3 heteroatoms. The Morgan fingerprint density at radius 1 is 1.45 bits per heavy atom. The van der Waals surface area contributed by atoms with Crippen LogP contribution in [0.1, 0.15) is 19.3 Å². The van der Waals surface area contributed by atoms with E-state index in [1.807, 2.05) is 0 Å². The highest BCUT2D eigenvalue weighted by Gasteiger charge is 2.41. The molecular formula is C8H14N2O. The van der Waals surface area contributed by atoms with Crippen molar-refractivity contribution in [2.45, 2.75) is 25.3 Å². The van der Waals surface area contributed by atoms with Gasteiger partial charge >= 0.3 is 0 Å². The number of fused-ring (bicyclic) bond motifs is 1. The Labute approximate surface area is 66.3 Å². The zero-order valence-corrected chi connectivity index (χ0v) is 6.55. The minimum atomic E-state index is -0.167. The van der Waals surface area contributed by atoms with Crippen LogP contribution in [0.15, 0.2) is 0 Å². The number of nitrogens with one attached hydrogen (secondary N) is 1. The van der Waals surface area contributed by atoms with Crippen molar-refractivity contribution in [1.29, 1.82) is 0 Å². The van der Waals surface area contributed by atoms with Crippen LogP contribution in [0.25, 0.3) is 0 Å². The van der Waals surface area contributed by atoms with E-state index in [-0.39, 0.29) is 11.9 Å². The lowest BCUT2D eigenvalue weighted by molar-refractivity contribution is -0.120. The van der Waals surface area contributed by atoms with Gasteiger partial charge in [-0.3, -0.25) is 4.79 Å². The van der Waals surface area contributed by atoms with Gasteiger partial charge in [-0.2, -0.15) is 0 Å². The second-order valence-corrected chi connectivity index (χ2v) is 3.64. The van der Waals surface area contributed by atoms with Crippen molar-refractivity contribution in [2.75, 3.05) is 6.54 Å². The van der Waals surface area contributed by atoms with Crippen molar-refractivity contribution in [3.63, 3.8) is 0 Å². The van der Waals surface area contributed by atoms with Crippen LogP contribution in [-0.4, -0.2) is 18.5 Å². The first-order chi connectivity index (χ1) is 5.29. The highest BCUT2D eigenvalue weighted by atomic mass is 16.1. The third kappa shape index (κ3) is 1.03. The lowest BCUT2D eigenvalue weighted by atomic mass is 9.94. The van der Waals surface area contributed by atoms with Crippen molar-refractivity contribution in [1.82, 2.24) is 5.32 Å². The Bertz CT molecular complexity index is 181. The molecule has 2 fully saturated rings. The van der Waals surface area contributed by atoms with Crippen molar-refractivity contribution < 1.29 is 4.79 Å². The van der Waals surface area contributed by atoms with Crippen LogP contribution in [0, 0.1) is 11.8 Å². The second-order valence-electron chi connectivity index (χ2n) is 3.64. The largest absolute Gasteiger partial charge is 0.368 e. The lowest BCUT2D eigenvalue weighted by Gasteiger charge is -2.13. The molecule has 0 spiro atoms. The number of nitrogens with two attached hydrogens (primary N) is 1. The average Bonchev–Trinajstić information content (AvgIpc) is 2.41. The maximum absolute atomic E-state index is 10.9. The number of carbonyl (C=O) groups excluding carboxylic acids is 1. The fourth-order valence-corrected chi connectivity index (χ4v) is 2.50. The molecular weight excluding hydrogens is 140 g/mol. The van der Waals surface area contributed by atoms with E-state index in [4.69, 9.17) is 5.73 Å². The van der Waals surface area contributed by atoms with Gasteiger partial charge in [0.15, 0.2) is 0 Å². The smallest absolute Gasteiger partial charge is 0.234 e. The molecule has 1 saturated heterocycles. The molecule has 1 saturated carbocycles. The summed E-state index contributed by atoms with van der Waals surface area (Å²) < 4.78 is 0. The van der Waals surface area contributed by atoms with E-state index in [0.717, 1.165) is 12.5 Å². The maximum atomic E-state index is 10.9. The first-order valence-corrected chi connectivity index (χ1v) is 4.32. The Morgan fingerprint density at radius 3 is 3.00 bits per heavy atom. The van der Waals surface area contributed by atoms with Gasteiger partial charge in [-0.25, -0.2) is 0 Å². The monoisotopic (exact) mass is 154 g/mol. The summed E-state index contributed by atoms with van der Waals surface area (Å²) in [4.78, 5) is 10.9. The molecule has 1 heterocycles. The molecule has 0 radical (unpaired) electrons. The summed E-state index contributed by atoms with van der Waals surface area (Å²) in [7, 11) is 0. The van der Waals surface area contributed by atoms with E-state index in [9.17, 15) is 4.79 Å². The summed E-state index contributed by atoms with van der Waals surface area (Å²) in [5.41, 5.74) is 5.25. The minimum Gasteiger partial charge on any atom is -0.368 e. The van der Waals surface area contributed by atoms with Crippen LogP contribution in [0.2, 0.25) is 0 Å². The van der Waals surface area contributed by atoms with E-state index < -0.39 is 0 Å². The van der Waals surface area contributed by atoms with Gasteiger partial charge in [-0.1, -0.05) is 6.42 Å². The minimum absolute atomic E-state index is 0.0255. The van der Waals surface area contributed by atoms with Crippen LogP contribution in [-0.2, 0) is 4.79 Å². The quantitative estimate of drug-likeness (QED) is 0.552. The van der Waals surface area contributed by atoms with E-state index >= 15 is 0 Å². The molecule has 3 N–H and O–H groups in total. The van der Waals surface area contributed by atoms with Gasteiger partial charge in [-0.05, 0) is 31.2 Å². The highest BCUT2D eigenvalue weighted by molar-refractivity contribution is 5.80. The van der Waals surface area contributed by atoms with Crippen molar-refractivity contribution in [3.8, 4) is 0 Å². The number of primary amides is 1. The molecule has 3 nitrogen and oxygen atoms in total.